The van der Waals surface area contributed by atoms with E-state index >= 15 is 0 Å². The summed E-state index contributed by atoms with van der Waals surface area (Å²) in [6.07, 6.45) is 0.770. The third kappa shape index (κ3) is 4.42. The second kappa shape index (κ2) is 7.75. The molecule has 0 amide bonds. The van der Waals surface area contributed by atoms with Gasteiger partial charge in [-0.25, -0.2) is 0 Å². The highest BCUT2D eigenvalue weighted by molar-refractivity contribution is 14.1. The molecule has 3 nitrogen and oxygen atoms in total. The quantitative estimate of drug-likeness (QED) is 0.563. The van der Waals surface area contributed by atoms with Gasteiger partial charge in [0.1, 0.15) is 17.6 Å². The molecule has 0 aromatic heterocycles. The van der Waals surface area contributed by atoms with Crippen LogP contribution in [0.25, 0.3) is 0 Å². The van der Waals surface area contributed by atoms with Crippen LogP contribution in [0.2, 0.25) is 0 Å². The van der Waals surface area contributed by atoms with Crippen LogP contribution >= 0.6 is 22.6 Å². The topological polar surface area (TPSA) is 42.2 Å². The number of nitriles is 1. The van der Waals surface area contributed by atoms with E-state index in [1.165, 1.54) is 3.57 Å². The van der Waals surface area contributed by atoms with E-state index in [4.69, 9.17) is 14.7 Å². The van der Waals surface area contributed by atoms with Crippen molar-refractivity contribution in [3.63, 3.8) is 0 Å². The highest BCUT2D eigenvalue weighted by Crippen LogP contribution is 2.17. The molecule has 2 aromatic rings. The predicted octanol–water partition coefficient (Wildman–Crippen LogP) is 4.01. The Morgan fingerprint density at radius 1 is 0.950 bits per heavy atom. The summed E-state index contributed by atoms with van der Waals surface area (Å²) in [5, 5.41) is 8.94. The fourth-order valence-corrected chi connectivity index (χ4v) is 2.01. The monoisotopic (exact) mass is 379 g/mol. The van der Waals surface area contributed by atoms with Gasteiger partial charge >= 0.3 is 0 Å². The summed E-state index contributed by atoms with van der Waals surface area (Å²) in [6, 6.07) is 17.3. The molecule has 0 saturated carbocycles. The van der Waals surface area contributed by atoms with E-state index in [1.807, 2.05) is 36.4 Å². The zero-order chi connectivity index (χ0) is 14.2. The van der Waals surface area contributed by atoms with Gasteiger partial charge in [-0.2, -0.15) is 5.26 Å². The fourth-order valence-electron chi connectivity index (χ4n) is 1.65. The Morgan fingerprint density at radius 2 is 1.65 bits per heavy atom. The minimum Gasteiger partial charge on any atom is -0.493 e. The van der Waals surface area contributed by atoms with Crippen LogP contribution in [-0.2, 0) is 0 Å². The van der Waals surface area contributed by atoms with E-state index in [-0.39, 0.29) is 0 Å². The van der Waals surface area contributed by atoms with E-state index in [0.717, 1.165) is 12.2 Å². The number of hydrogen-bond donors (Lipinski definition) is 0. The molecule has 4 heteroatoms. The van der Waals surface area contributed by atoms with Crippen LogP contribution in [-0.4, -0.2) is 13.2 Å². The number of ether oxygens (including phenoxy) is 2. The van der Waals surface area contributed by atoms with Crippen molar-refractivity contribution in [2.24, 2.45) is 0 Å². The number of para-hydroxylation sites is 1. The van der Waals surface area contributed by atoms with Crippen molar-refractivity contribution in [1.82, 2.24) is 0 Å². The van der Waals surface area contributed by atoms with Gasteiger partial charge < -0.3 is 9.47 Å². The number of rotatable bonds is 6. The summed E-state index contributed by atoms with van der Waals surface area (Å²) in [5.41, 5.74) is 0.561. The molecular formula is C16H14INO2. The SMILES string of the molecule is N#Cc1ccccc1OCCCOc1ccc(I)cc1. The Hall–Kier alpha value is -1.74. The number of halogens is 1. The molecule has 0 aliphatic carbocycles. The van der Waals surface area contributed by atoms with Crippen molar-refractivity contribution in [3.8, 4) is 17.6 Å². The lowest BCUT2D eigenvalue weighted by Gasteiger charge is -2.09. The molecule has 0 aliphatic heterocycles. The predicted molar refractivity (Wildman–Crippen MR) is 85.9 cm³/mol. The van der Waals surface area contributed by atoms with Crippen molar-refractivity contribution in [2.75, 3.05) is 13.2 Å². The molecule has 0 saturated heterocycles. The van der Waals surface area contributed by atoms with Crippen LogP contribution in [0.5, 0.6) is 11.5 Å². The third-order valence-electron chi connectivity index (χ3n) is 2.64. The van der Waals surface area contributed by atoms with Gasteiger partial charge in [0, 0.05) is 9.99 Å². The molecule has 0 unspecified atom stereocenters. The lowest BCUT2D eigenvalue weighted by atomic mass is 10.2. The molecule has 20 heavy (non-hydrogen) atoms. The maximum absolute atomic E-state index is 8.94. The smallest absolute Gasteiger partial charge is 0.137 e. The van der Waals surface area contributed by atoms with Gasteiger partial charge in [-0.3, -0.25) is 0 Å². The number of hydrogen-bond acceptors (Lipinski definition) is 3. The molecular weight excluding hydrogens is 365 g/mol. The highest BCUT2D eigenvalue weighted by Gasteiger charge is 2.01. The average molecular weight is 379 g/mol. The van der Waals surface area contributed by atoms with Gasteiger partial charge in [0.25, 0.3) is 0 Å². The van der Waals surface area contributed by atoms with Gasteiger partial charge in [0.05, 0.1) is 18.8 Å². The van der Waals surface area contributed by atoms with Gasteiger partial charge in [0.2, 0.25) is 0 Å². The maximum atomic E-state index is 8.94. The van der Waals surface area contributed by atoms with Crippen molar-refractivity contribution >= 4 is 22.6 Å². The van der Waals surface area contributed by atoms with Crippen LogP contribution in [0.4, 0.5) is 0 Å². The Morgan fingerprint density at radius 3 is 2.40 bits per heavy atom. The molecule has 0 atom stereocenters. The zero-order valence-electron chi connectivity index (χ0n) is 10.9. The highest BCUT2D eigenvalue weighted by atomic mass is 127. The summed E-state index contributed by atoms with van der Waals surface area (Å²) in [5.74, 6) is 1.49. The largest absolute Gasteiger partial charge is 0.493 e. The third-order valence-corrected chi connectivity index (χ3v) is 3.36. The standard InChI is InChI=1S/C16H14INO2/c17-14-6-8-15(9-7-14)19-10-3-11-20-16-5-2-1-4-13(16)12-18/h1-2,4-9H,3,10-11H2. The Labute approximate surface area is 132 Å². The Bertz CT molecular complexity index is 590. The normalized spacial score (nSPS) is 9.80. The molecule has 2 aromatic carbocycles. The van der Waals surface area contributed by atoms with Gasteiger partial charge in [-0.15, -0.1) is 0 Å². The van der Waals surface area contributed by atoms with Crippen LogP contribution in [0.1, 0.15) is 12.0 Å². The second-order valence-electron chi connectivity index (χ2n) is 4.11. The molecule has 0 radical (unpaired) electrons. The molecule has 0 bridgehead atoms. The fraction of sp³-hybridized carbons (Fsp3) is 0.188. The molecule has 0 spiro atoms. The lowest BCUT2D eigenvalue weighted by Crippen LogP contribution is -2.05. The lowest BCUT2D eigenvalue weighted by molar-refractivity contribution is 0.247. The molecule has 102 valence electrons. The first-order chi connectivity index (χ1) is 9.79. The summed E-state index contributed by atoms with van der Waals surface area (Å²) < 4.78 is 12.4. The minimum atomic E-state index is 0.531. The summed E-state index contributed by atoms with van der Waals surface area (Å²) in [7, 11) is 0. The van der Waals surface area contributed by atoms with Crippen LogP contribution in [0.15, 0.2) is 48.5 Å². The van der Waals surface area contributed by atoms with Crippen molar-refractivity contribution in [3.05, 3.63) is 57.7 Å². The van der Waals surface area contributed by atoms with Crippen molar-refractivity contribution < 1.29 is 9.47 Å². The summed E-state index contributed by atoms with van der Waals surface area (Å²) >= 11 is 2.26. The van der Waals surface area contributed by atoms with Gasteiger partial charge in [-0.05, 0) is 59.0 Å². The first-order valence-corrected chi connectivity index (χ1v) is 7.38. The average Bonchev–Trinajstić information content (AvgIpc) is 2.49. The Balaban J connectivity index is 1.72. The molecule has 0 N–H and O–H groups in total. The van der Waals surface area contributed by atoms with Gasteiger partial charge in [-0.1, -0.05) is 12.1 Å². The van der Waals surface area contributed by atoms with Crippen LogP contribution in [0, 0.1) is 14.9 Å². The summed E-state index contributed by atoms with van der Waals surface area (Å²) in [4.78, 5) is 0. The first-order valence-electron chi connectivity index (χ1n) is 6.30. The molecule has 2 rings (SSSR count). The number of benzene rings is 2. The van der Waals surface area contributed by atoms with E-state index in [9.17, 15) is 0 Å². The molecule has 0 fully saturated rings. The van der Waals surface area contributed by atoms with Crippen LogP contribution in [0.3, 0.4) is 0 Å². The van der Waals surface area contributed by atoms with E-state index in [2.05, 4.69) is 28.7 Å². The summed E-state index contributed by atoms with van der Waals surface area (Å²) in [6.45, 7) is 1.12. The van der Waals surface area contributed by atoms with Crippen molar-refractivity contribution in [1.29, 1.82) is 5.26 Å². The van der Waals surface area contributed by atoms with Gasteiger partial charge in [0.15, 0.2) is 0 Å². The van der Waals surface area contributed by atoms with E-state index in [0.29, 0.717) is 24.5 Å². The maximum Gasteiger partial charge on any atom is 0.137 e. The van der Waals surface area contributed by atoms with E-state index in [1.54, 1.807) is 12.1 Å². The Kier molecular flexibility index (Phi) is 5.69. The van der Waals surface area contributed by atoms with E-state index < -0.39 is 0 Å². The van der Waals surface area contributed by atoms with Crippen LogP contribution < -0.4 is 9.47 Å². The number of nitrogens with zero attached hydrogens (tertiary/aromatic N) is 1. The minimum absolute atomic E-state index is 0.531. The molecule has 0 heterocycles. The van der Waals surface area contributed by atoms with Crippen molar-refractivity contribution in [2.45, 2.75) is 6.42 Å². The first kappa shape index (κ1) is 14.7. The molecule has 0 aliphatic rings. The zero-order valence-corrected chi connectivity index (χ0v) is 13.0. The second-order valence-corrected chi connectivity index (χ2v) is 5.36.